The summed E-state index contributed by atoms with van der Waals surface area (Å²) in [6.45, 7) is 7.62. The molecule has 1 aromatic heterocycles. The van der Waals surface area contributed by atoms with E-state index in [1.165, 1.54) is 12.3 Å². The Balaban J connectivity index is 3.45. The van der Waals surface area contributed by atoms with Crippen LogP contribution in [0.1, 0.15) is 33.3 Å². The number of aliphatic imine (C=N–C) groups is 3. The van der Waals surface area contributed by atoms with Crippen molar-refractivity contribution >= 4 is 17.9 Å². The number of allylic oxidation sites excluding steroid dienone is 2. The Bertz CT molecular complexity index is 638. The van der Waals surface area contributed by atoms with Crippen molar-refractivity contribution in [2.75, 3.05) is 7.05 Å². The molecule has 1 rings (SSSR count). The molecule has 5 nitrogen and oxygen atoms in total. The summed E-state index contributed by atoms with van der Waals surface area (Å²) < 4.78 is 13.4. The van der Waals surface area contributed by atoms with Crippen molar-refractivity contribution in [2.45, 2.75) is 27.7 Å². The van der Waals surface area contributed by atoms with E-state index in [1.807, 2.05) is 6.92 Å². The Kier molecular flexibility index (Phi) is 6.56. The van der Waals surface area contributed by atoms with Gasteiger partial charge < -0.3 is 5.73 Å². The van der Waals surface area contributed by atoms with Gasteiger partial charge in [0.15, 0.2) is 5.84 Å². The highest BCUT2D eigenvalue weighted by atomic mass is 19.1. The lowest BCUT2D eigenvalue weighted by Crippen LogP contribution is -2.11. The van der Waals surface area contributed by atoms with E-state index < -0.39 is 5.82 Å². The third kappa shape index (κ3) is 5.20. The molecule has 0 aliphatic rings. The predicted octanol–water partition coefficient (Wildman–Crippen LogP) is 2.98. The largest absolute Gasteiger partial charge is 0.387 e. The normalized spacial score (nSPS) is 14.7. The fraction of sp³-hybridized carbons (Fsp3) is 0.375. The smallest absolute Gasteiger partial charge is 0.163 e. The fourth-order valence-electron chi connectivity index (χ4n) is 1.88. The zero-order valence-electron chi connectivity index (χ0n) is 13.6. The highest BCUT2D eigenvalue weighted by Gasteiger charge is 2.09. The van der Waals surface area contributed by atoms with E-state index in [0.29, 0.717) is 17.2 Å². The van der Waals surface area contributed by atoms with Gasteiger partial charge in [0.2, 0.25) is 0 Å². The van der Waals surface area contributed by atoms with Gasteiger partial charge in [-0.15, -0.1) is 0 Å². The van der Waals surface area contributed by atoms with Gasteiger partial charge in [0.25, 0.3) is 0 Å². The van der Waals surface area contributed by atoms with Gasteiger partial charge in [0, 0.05) is 30.7 Å². The number of pyridine rings is 1. The third-order valence-electron chi connectivity index (χ3n) is 2.83. The van der Waals surface area contributed by atoms with Crippen LogP contribution < -0.4 is 5.73 Å². The van der Waals surface area contributed by atoms with E-state index in [4.69, 9.17) is 5.73 Å². The fourth-order valence-corrected chi connectivity index (χ4v) is 1.88. The van der Waals surface area contributed by atoms with E-state index >= 15 is 0 Å². The molecular weight excluding hydrogens is 281 g/mol. The Morgan fingerprint density at radius 1 is 1.27 bits per heavy atom. The molecule has 0 aliphatic heterocycles. The van der Waals surface area contributed by atoms with Crippen LogP contribution in [0.25, 0.3) is 0 Å². The molecule has 1 heterocycles. The molecule has 22 heavy (non-hydrogen) atoms. The van der Waals surface area contributed by atoms with Crippen molar-refractivity contribution < 1.29 is 4.39 Å². The van der Waals surface area contributed by atoms with Gasteiger partial charge in [-0.2, -0.15) is 0 Å². The topological polar surface area (TPSA) is 76.0 Å². The maximum atomic E-state index is 13.4. The lowest BCUT2D eigenvalue weighted by molar-refractivity contribution is 0.621. The van der Waals surface area contributed by atoms with Gasteiger partial charge in [-0.3, -0.25) is 9.98 Å². The summed E-state index contributed by atoms with van der Waals surface area (Å²) in [5, 5.41) is 0. The monoisotopic (exact) mass is 303 g/mol. The number of halogens is 1. The van der Waals surface area contributed by atoms with Crippen LogP contribution in [0.15, 0.2) is 44.7 Å². The molecule has 0 aliphatic carbocycles. The molecule has 2 N–H and O–H groups in total. The maximum Gasteiger partial charge on any atom is 0.163 e. The lowest BCUT2D eigenvalue weighted by atomic mass is 10.0. The van der Waals surface area contributed by atoms with Crippen LogP contribution in [0.2, 0.25) is 0 Å². The Morgan fingerprint density at radius 2 is 1.95 bits per heavy atom. The Labute approximate surface area is 130 Å². The quantitative estimate of drug-likeness (QED) is 0.685. The van der Waals surface area contributed by atoms with Crippen molar-refractivity contribution in [3.05, 3.63) is 41.1 Å². The Morgan fingerprint density at radius 3 is 2.45 bits per heavy atom. The van der Waals surface area contributed by atoms with Gasteiger partial charge >= 0.3 is 0 Å². The molecular formula is C16H22FN5. The van der Waals surface area contributed by atoms with Crippen molar-refractivity contribution in [3.63, 3.8) is 0 Å². The van der Waals surface area contributed by atoms with Gasteiger partial charge in [0.1, 0.15) is 5.82 Å². The molecule has 6 heteroatoms. The second kappa shape index (κ2) is 8.17. The van der Waals surface area contributed by atoms with Crippen LogP contribution in [-0.2, 0) is 0 Å². The van der Waals surface area contributed by atoms with Crippen LogP contribution in [0.5, 0.6) is 0 Å². The average molecular weight is 303 g/mol. The summed E-state index contributed by atoms with van der Waals surface area (Å²) in [4.78, 5) is 16.6. The van der Waals surface area contributed by atoms with Crippen molar-refractivity contribution in [3.8, 4) is 0 Å². The minimum absolute atomic E-state index is 0.252. The molecule has 1 aromatic rings. The summed E-state index contributed by atoms with van der Waals surface area (Å²) in [6.07, 6.45) is 4.40. The van der Waals surface area contributed by atoms with E-state index in [1.54, 1.807) is 20.2 Å². The number of hydrogen-bond acceptors (Lipinski definition) is 3. The molecule has 0 atom stereocenters. The second-order valence-corrected chi connectivity index (χ2v) is 5.16. The summed E-state index contributed by atoms with van der Waals surface area (Å²) in [5.41, 5.74) is 7.86. The van der Waals surface area contributed by atoms with Crippen molar-refractivity contribution in [1.29, 1.82) is 0 Å². The van der Waals surface area contributed by atoms with Crippen LogP contribution in [0.4, 0.5) is 4.39 Å². The molecule has 0 radical (unpaired) electrons. The third-order valence-corrected chi connectivity index (χ3v) is 2.83. The summed E-state index contributed by atoms with van der Waals surface area (Å²) >= 11 is 0. The Hall–Kier alpha value is -2.37. The van der Waals surface area contributed by atoms with Crippen LogP contribution >= 0.6 is 0 Å². The van der Waals surface area contributed by atoms with Crippen LogP contribution in [0.3, 0.4) is 0 Å². The molecule has 0 unspecified atom stereocenters. The molecule has 0 aromatic carbocycles. The zero-order valence-corrected chi connectivity index (χ0v) is 13.6. The first kappa shape index (κ1) is 17.7. The minimum atomic E-state index is -0.448. The molecule has 118 valence electrons. The highest BCUT2D eigenvalue weighted by Crippen LogP contribution is 2.16. The molecule has 0 amide bonds. The molecule has 0 spiro atoms. The van der Waals surface area contributed by atoms with E-state index in [9.17, 15) is 4.39 Å². The standard InChI is InChI=1S/C16H22FN5/c1-10(2)15(9-19-5)11(3)21-16(22-12(4)18)13-6-14(17)8-20-7-13/h6-10H,1-5H3,(H2,18,21,22)/b15-11-,19-9?. The number of aromatic nitrogens is 1. The van der Waals surface area contributed by atoms with Crippen molar-refractivity contribution in [2.24, 2.45) is 26.6 Å². The molecule has 0 fully saturated rings. The van der Waals surface area contributed by atoms with Gasteiger partial charge in [-0.1, -0.05) is 13.8 Å². The molecule has 0 saturated carbocycles. The summed E-state index contributed by atoms with van der Waals surface area (Å²) in [7, 11) is 1.71. The van der Waals surface area contributed by atoms with E-state index in [0.717, 1.165) is 17.5 Å². The van der Waals surface area contributed by atoms with Gasteiger partial charge in [-0.25, -0.2) is 14.4 Å². The minimum Gasteiger partial charge on any atom is -0.387 e. The van der Waals surface area contributed by atoms with Crippen molar-refractivity contribution in [1.82, 2.24) is 4.98 Å². The van der Waals surface area contributed by atoms with Gasteiger partial charge in [-0.05, 0) is 31.4 Å². The molecule has 0 bridgehead atoms. The SMILES string of the molecule is CN=C/C(=C(\C)N=C(N=C(C)N)c1cncc(F)c1)C(C)C. The first-order chi connectivity index (χ1) is 10.3. The predicted molar refractivity (Wildman–Crippen MR) is 90.0 cm³/mol. The number of hydrogen-bond donors (Lipinski definition) is 1. The summed E-state index contributed by atoms with van der Waals surface area (Å²) in [5.74, 6) is 0.469. The van der Waals surface area contributed by atoms with E-state index in [2.05, 4.69) is 33.8 Å². The number of amidine groups is 2. The number of nitrogens with two attached hydrogens (primary N) is 1. The first-order valence-corrected chi connectivity index (χ1v) is 6.98. The van der Waals surface area contributed by atoms with Gasteiger partial charge in [0.05, 0.1) is 12.0 Å². The summed E-state index contributed by atoms with van der Waals surface area (Å²) in [6, 6.07) is 1.33. The molecule has 0 saturated heterocycles. The maximum absolute atomic E-state index is 13.4. The first-order valence-electron chi connectivity index (χ1n) is 6.98. The van der Waals surface area contributed by atoms with Crippen LogP contribution in [-0.4, -0.2) is 29.9 Å². The lowest BCUT2D eigenvalue weighted by Gasteiger charge is -2.09. The highest BCUT2D eigenvalue weighted by molar-refractivity contribution is 6.06. The van der Waals surface area contributed by atoms with E-state index in [-0.39, 0.29) is 5.92 Å². The average Bonchev–Trinajstić information content (AvgIpc) is 2.43. The number of rotatable bonds is 4. The zero-order chi connectivity index (χ0) is 16.7. The van der Waals surface area contributed by atoms with Crippen LogP contribution in [0, 0.1) is 11.7 Å². The second-order valence-electron chi connectivity index (χ2n) is 5.16. The number of nitrogens with zero attached hydrogens (tertiary/aromatic N) is 4.